The zero-order chi connectivity index (χ0) is 8.97. The van der Waals surface area contributed by atoms with Crippen LogP contribution < -0.4 is 0 Å². The summed E-state index contributed by atoms with van der Waals surface area (Å²) < 4.78 is 0. The van der Waals surface area contributed by atoms with Crippen LogP contribution in [0, 0.1) is 6.92 Å². The van der Waals surface area contributed by atoms with Gasteiger partial charge < -0.3 is 4.90 Å². The predicted molar refractivity (Wildman–Crippen MR) is 53.4 cm³/mol. The zero-order valence-electron chi connectivity index (χ0n) is 8.17. The molecule has 0 unspecified atom stereocenters. The molecule has 0 atom stereocenters. The van der Waals surface area contributed by atoms with Gasteiger partial charge >= 0.3 is 0 Å². The van der Waals surface area contributed by atoms with Gasteiger partial charge in [0.2, 0.25) is 0 Å². The fourth-order valence-corrected chi connectivity index (χ4v) is 1.23. The van der Waals surface area contributed by atoms with Crippen LogP contribution in [0.5, 0.6) is 0 Å². The Kier molecular flexibility index (Phi) is 3.30. The lowest BCUT2D eigenvalue weighted by Gasteiger charge is -2.10. The van der Waals surface area contributed by atoms with Crippen molar-refractivity contribution >= 4 is 0 Å². The van der Waals surface area contributed by atoms with Gasteiger partial charge in [-0.25, -0.2) is 0 Å². The molecule has 1 aromatic carbocycles. The van der Waals surface area contributed by atoms with E-state index in [4.69, 9.17) is 0 Å². The molecule has 1 nitrogen and oxygen atoms in total. The molecule has 1 heteroatoms. The summed E-state index contributed by atoms with van der Waals surface area (Å²) in [7, 11) is 4.22. The number of nitrogens with zero attached hydrogens (tertiary/aromatic N) is 1. The van der Waals surface area contributed by atoms with Gasteiger partial charge in [-0.3, -0.25) is 0 Å². The van der Waals surface area contributed by atoms with Gasteiger partial charge in [0.15, 0.2) is 0 Å². The van der Waals surface area contributed by atoms with Gasteiger partial charge in [0.05, 0.1) is 0 Å². The lowest BCUT2D eigenvalue weighted by molar-refractivity contribution is 0.413. The maximum atomic E-state index is 2.21. The first-order chi connectivity index (χ1) is 5.70. The van der Waals surface area contributed by atoms with Crippen LogP contribution in [0.1, 0.15) is 11.1 Å². The van der Waals surface area contributed by atoms with Crippen LogP contribution in [0.15, 0.2) is 24.3 Å². The highest BCUT2D eigenvalue weighted by Gasteiger charge is 1.96. The summed E-state index contributed by atoms with van der Waals surface area (Å²) in [4.78, 5) is 2.21. The molecule has 0 radical (unpaired) electrons. The Hall–Kier alpha value is -0.820. The van der Waals surface area contributed by atoms with Crippen molar-refractivity contribution < 1.29 is 0 Å². The first-order valence-corrected chi connectivity index (χ1v) is 4.39. The molecule has 0 aromatic heterocycles. The van der Waals surface area contributed by atoms with Crippen LogP contribution in [0.2, 0.25) is 0 Å². The summed E-state index contributed by atoms with van der Waals surface area (Å²) in [5.41, 5.74) is 2.87. The Balaban J connectivity index is 2.57. The molecule has 0 aliphatic heterocycles. The van der Waals surface area contributed by atoms with E-state index in [0.717, 1.165) is 13.0 Å². The Labute approximate surface area is 75.0 Å². The van der Waals surface area contributed by atoms with Crippen molar-refractivity contribution in [2.75, 3.05) is 20.6 Å². The molecule has 0 heterocycles. The molecule has 0 saturated heterocycles. The monoisotopic (exact) mass is 163 g/mol. The molecule has 1 rings (SSSR count). The van der Waals surface area contributed by atoms with Gasteiger partial charge in [0.1, 0.15) is 0 Å². The quantitative estimate of drug-likeness (QED) is 0.659. The average Bonchev–Trinajstić information content (AvgIpc) is 2.03. The second-order valence-electron chi connectivity index (χ2n) is 3.48. The normalized spacial score (nSPS) is 10.7. The van der Waals surface area contributed by atoms with Crippen LogP contribution in [0.3, 0.4) is 0 Å². The molecule has 0 amide bonds. The lowest BCUT2D eigenvalue weighted by atomic mass is 10.1. The Morgan fingerprint density at radius 2 is 1.83 bits per heavy atom. The second-order valence-corrected chi connectivity index (χ2v) is 3.48. The van der Waals surface area contributed by atoms with Crippen molar-refractivity contribution in [2.24, 2.45) is 0 Å². The van der Waals surface area contributed by atoms with Gasteiger partial charge in [0, 0.05) is 6.54 Å². The van der Waals surface area contributed by atoms with E-state index in [2.05, 4.69) is 50.2 Å². The minimum atomic E-state index is 1.13. The highest BCUT2D eigenvalue weighted by atomic mass is 15.0. The van der Waals surface area contributed by atoms with E-state index in [9.17, 15) is 0 Å². The van der Waals surface area contributed by atoms with Crippen molar-refractivity contribution in [3.05, 3.63) is 35.4 Å². The molecule has 0 saturated carbocycles. The van der Waals surface area contributed by atoms with E-state index in [1.807, 2.05) is 0 Å². The number of hydrogen-bond donors (Lipinski definition) is 0. The topological polar surface area (TPSA) is 3.24 Å². The van der Waals surface area contributed by atoms with Crippen LogP contribution in [0.25, 0.3) is 0 Å². The summed E-state index contributed by atoms with van der Waals surface area (Å²) in [6.45, 7) is 3.30. The zero-order valence-corrected chi connectivity index (χ0v) is 8.17. The fourth-order valence-electron chi connectivity index (χ4n) is 1.23. The standard InChI is InChI=1S/C11H17N/c1-10-6-4-5-7-11(10)8-9-12(2)3/h4-7H,8-9H2,1-3H3. The first-order valence-electron chi connectivity index (χ1n) is 4.39. The van der Waals surface area contributed by atoms with E-state index in [1.165, 1.54) is 11.1 Å². The molecule has 66 valence electrons. The van der Waals surface area contributed by atoms with Crippen LogP contribution in [-0.4, -0.2) is 25.5 Å². The first kappa shape index (κ1) is 9.27. The lowest BCUT2D eigenvalue weighted by Crippen LogP contribution is -2.15. The summed E-state index contributed by atoms with van der Waals surface area (Å²) in [6, 6.07) is 8.58. The third kappa shape index (κ3) is 2.67. The average molecular weight is 163 g/mol. The largest absolute Gasteiger partial charge is 0.309 e. The van der Waals surface area contributed by atoms with E-state index >= 15 is 0 Å². The maximum absolute atomic E-state index is 2.21. The number of rotatable bonds is 3. The van der Waals surface area contributed by atoms with Crippen molar-refractivity contribution in [3.63, 3.8) is 0 Å². The molecule has 0 aliphatic carbocycles. The third-order valence-electron chi connectivity index (χ3n) is 2.09. The van der Waals surface area contributed by atoms with Gasteiger partial charge in [-0.05, 0) is 38.6 Å². The summed E-state index contributed by atoms with van der Waals surface area (Å²) >= 11 is 0. The summed E-state index contributed by atoms with van der Waals surface area (Å²) in [5, 5.41) is 0. The van der Waals surface area contributed by atoms with Gasteiger partial charge in [-0.2, -0.15) is 0 Å². The number of aryl methyl sites for hydroxylation is 1. The molecule has 0 N–H and O–H groups in total. The molecule has 12 heavy (non-hydrogen) atoms. The smallest absolute Gasteiger partial charge is 0.00158 e. The molecule has 0 bridgehead atoms. The van der Waals surface area contributed by atoms with Crippen molar-refractivity contribution in [2.45, 2.75) is 13.3 Å². The molecule has 0 aliphatic rings. The van der Waals surface area contributed by atoms with Gasteiger partial charge in [-0.1, -0.05) is 24.3 Å². The Bertz CT molecular complexity index is 241. The molecule has 0 spiro atoms. The van der Waals surface area contributed by atoms with E-state index in [0.29, 0.717) is 0 Å². The van der Waals surface area contributed by atoms with Crippen molar-refractivity contribution in [1.82, 2.24) is 4.90 Å². The molecule has 1 aromatic rings. The van der Waals surface area contributed by atoms with E-state index in [-0.39, 0.29) is 0 Å². The van der Waals surface area contributed by atoms with Crippen LogP contribution in [-0.2, 0) is 6.42 Å². The Morgan fingerprint density at radius 3 is 2.42 bits per heavy atom. The summed E-state index contributed by atoms with van der Waals surface area (Å²) in [6.07, 6.45) is 1.15. The van der Waals surface area contributed by atoms with E-state index in [1.54, 1.807) is 0 Å². The maximum Gasteiger partial charge on any atom is 0.00158 e. The molecule has 0 fully saturated rings. The van der Waals surface area contributed by atoms with Gasteiger partial charge in [-0.15, -0.1) is 0 Å². The SMILES string of the molecule is Cc1ccccc1CCN(C)C. The number of likely N-dealkylation sites (N-methyl/N-ethyl adjacent to an activating group) is 1. The molecular formula is C11H17N. The number of hydrogen-bond acceptors (Lipinski definition) is 1. The Morgan fingerprint density at radius 1 is 1.17 bits per heavy atom. The van der Waals surface area contributed by atoms with E-state index < -0.39 is 0 Å². The van der Waals surface area contributed by atoms with Crippen molar-refractivity contribution in [1.29, 1.82) is 0 Å². The third-order valence-corrected chi connectivity index (χ3v) is 2.09. The van der Waals surface area contributed by atoms with Crippen LogP contribution >= 0.6 is 0 Å². The van der Waals surface area contributed by atoms with Crippen LogP contribution in [0.4, 0.5) is 0 Å². The van der Waals surface area contributed by atoms with Gasteiger partial charge in [0.25, 0.3) is 0 Å². The highest BCUT2D eigenvalue weighted by Crippen LogP contribution is 2.07. The number of benzene rings is 1. The molecular weight excluding hydrogens is 146 g/mol. The summed E-state index contributed by atoms with van der Waals surface area (Å²) in [5.74, 6) is 0. The fraction of sp³-hybridized carbons (Fsp3) is 0.455. The minimum Gasteiger partial charge on any atom is -0.309 e. The minimum absolute atomic E-state index is 1.13. The highest BCUT2D eigenvalue weighted by molar-refractivity contribution is 5.25. The second kappa shape index (κ2) is 4.27. The van der Waals surface area contributed by atoms with Crippen molar-refractivity contribution in [3.8, 4) is 0 Å². The predicted octanol–water partition coefficient (Wildman–Crippen LogP) is 2.10.